The van der Waals surface area contributed by atoms with Gasteiger partial charge in [0.2, 0.25) is 0 Å². The summed E-state index contributed by atoms with van der Waals surface area (Å²) in [6.45, 7) is 1.95. The summed E-state index contributed by atoms with van der Waals surface area (Å²) in [7, 11) is 1.34. The van der Waals surface area contributed by atoms with Crippen LogP contribution in [0, 0.1) is 5.92 Å². The number of hydrogen-bond donors (Lipinski definition) is 1. The number of halogens is 1. The van der Waals surface area contributed by atoms with E-state index in [2.05, 4.69) is 20.7 Å². The van der Waals surface area contributed by atoms with Crippen LogP contribution in [-0.2, 0) is 9.53 Å². The summed E-state index contributed by atoms with van der Waals surface area (Å²) in [5.74, 6) is -0.750. The van der Waals surface area contributed by atoms with Crippen LogP contribution in [0.2, 0.25) is 0 Å². The largest absolute Gasteiger partial charge is 0.469 e. The molecule has 0 saturated heterocycles. The quantitative estimate of drug-likeness (QED) is 0.718. The van der Waals surface area contributed by atoms with Crippen LogP contribution in [0.4, 0.5) is 0 Å². The molecule has 0 bridgehead atoms. The van der Waals surface area contributed by atoms with Gasteiger partial charge in [0.05, 0.1) is 19.1 Å². The molecule has 1 aliphatic rings. The number of carbonyl (C=O) groups excluding carboxylic acids is 1. The van der Waals surface area contributed by atoms with Crippen LogP contribution in [0.1, 0.15) is 19.8 Å². The Bertz CT molecular complexity index is 247. The molecule has 0 spiro atoms. The fourth-order valence-corrected chi connectivity index (χ4v) is 1.99. The van der Waals surface area contributed by atoms with E-state index < -0.39 is 12.0 Å². The molecular weight excluding hydrogens is 236 g/mol. The Kier molecular flexibility index (Phi) is 3.50. The average molecular weight is 249 g/mol. The molecule has 0 heterocycles. The van der Waals surface area contributed by atoms with E-state index in [0.717, 1.165) is 16.5 Å². The topological polar surface area (TPSA) is 46.5 Å². The van der Waals surface area contributed by atoms with E-state index >= 15 is 0 Å². The zero-order valence-corrected chi connectivity index (χ0v) is 9.30. The maximum absolute atomic E-state index is 11.2. The van der Waals surface area contributed by atoms with E-state index in [1.807, 2.05) is 6.92 Å². The van der Waals surface area contributed by atoms with Crippen LogP contribution in [0.15, 0.2) is 10.1 Å². The first-order valence-electron chi connectivity index (χ1n) is 4.19. The standard InChI is InChI=1S/C9H13BrO3/c1-5-3-4-6(9(12)13-2)8(11)7(5)10/h6,8,11H,3-4H2,1-2H3/t6-,8-/m1/s1. The molecule has 0 aliphatic heterocycles. The summed E-state index contributed by atoms with van der Waals surface area (Å²) in [5, 5.41) is 9.70. The number of rotatable bonds is 1. The first-order valence-corrected chi connectivity index (χ1v) is 4.98. The highest BCUT2D eigenvalue weighted by Crippen LogP contribution is 2.33. The van der Waals surface area contributed by atoms with Gasteiger partial charge in [-0.3, -0.25) is 4.79 Å². The van der Waals surface area contributed by atoms with E-state index in [9.17, 15) is 9.90 Å². The Labute approximate surface area is 85.9 Å². The molecule has 0 aromatic carbocycles. The first kappa shape index (κ1) is 10.7. The molecule has 4 heteroatoms. The van der Waals surface area contributed by atoms with Gasteiger partial charge < -0.3 is 9.84 Å². The van der Waals surface area contributed by atoms with Crippen molar-refractivity contribution in [2.45, 2.75) is 25.9 Å². The zero-order chi connectivity index (χ0) is 10.0. The van der Waals surface area contributed by atoms with Gasteiger partial charge in [0, 0.05) is 4.48 Å². The van der Waals surface area contributed by atoms with Gasteiger partial charge in [-0.1, -0.05) is 21.5 Å². The summed E-state index contributed by atoms with van der Waals surface area (Å²) in [5.41, 5.74) is 1.10. The SMILES string of the molecule is COC(=O)[C@@H]1CCC(C)=C(Br)[C@@H]1O. The molecule has 0 saturated carbocycles. The summed E-state index contributed by atoms with van der Waals surface area (Å²) in [6, 6.07) is 0. The van der Waals surface area contributed by atoms with Crippen LogP contribution >= 0.6 is 15.9 Å². The summed E-state index contributed by atoms with van der Waals surface area (Å²) in [4.78, 5) is 11.2. The molecule has 1 rings (SSSR count). The highest BCUT2D eigenvalue weighted by atomic mass is 79.9. The van der Waals surface area contributed by atoms with Crippen molar-refractivity contribution in [3.63, 3.8) is 0 Å². The lowest BCUT2D eigenvalue weighted by molar-refractivity contribution is -0.149. The fraction of sp³-hybridized carbons (Fsp3) is 0.667. The minimum Gasteiger partial charge on any atom is -0.469 e. The smallest absolute Gasteiger partial charge is 0.311 e. The van der Waals surface area contributed by atoms with Gasteiger partial charge in [0.15, 0.2) is 0 Å². The molecule has 0 radical (unpaired) electrons. The lowest BCUT2D eigenvalue weighted by Gasteiger charge is -2.26. The normalized spacial score (nSPS) is 28.9. The maximum Gasteiger partial charge on any atom is 0.311 e. The minimum atomic E-state index is -0.735. The Morgan fingerprint density at radius 3 is 2.85 bits per heavy atom. The predicted molar refractivity (Wildman–Crippen MR) is 52.4 cm³/mol. The van der Waals surface area contributed by atoms with Crippen molar-refractivity contribution in [2.75, 3.05) is 7.11 Å². The highest BCUT2D eigenvalue weighted by molar-refractivity contribution is 9.11. The zero-order valence-electron chi connectivity index (χ0n) is 7.71. The van der Waals surface area contributed by atoms with Crippen LogP contribution in [0.3, 0.4) is 0 Å². The Morgan fingerprint density at radius 1 is 1.69 bits per heavy atom. The number of carbonyl (C=O) groups is 1. The lowest BCUT2D eigenvalue weighted by Crippen LogP contribution is -2.32. The molecule has 2 atom stereocenters. The number of methoxy groups -OCH3 is 1. The van der Waals surface area contributed by atoms with E-state index in [0.29, 0.717) is 6.42 Å². The summed E-state index contributed by atoms with van der Waals surface area (Å²) >= 11 is 3.28. The van der Waals surface area contributed by atoms with Crippen LogP contribution < -0.4 is 0 Å². The van der Waals surface area contributed by atoms with Crippen molar-refractivity contribution in [1.82, 2.24) is 0 Å². The highest BCUT2D eigenvalue weighted by Gasteiger charge is 2.33. The average Bonchev–Trinajstić information content (AvgIpc) is 2.13. The fourth-order valence-electron chi connectivity index (χ4n) is 1.48. The van der Waals surface area contributed by atoms with Gasteiger partial charge in [0.1, 0.15) is 0 Å². The third-order valence-corrected chi connectivity index (χ3v) is 3.53. The molecule has 1 aliphatic carbocycles. The molecule has 3 nitrogen and oxygen atoms in total. The Hall–Kier alpha value is -0.350. The van der Waals surface area contributed by atoms with Gasteiger partial charge in [-0.25, -0.2) is 0 Å². The van der Waals surface area contributed by atoms with Crippen LogP contribution in [-0.4, -0.2) is 24.3 Å². The summed E-state index contributed by atoms with van der Waals surface area (Å²) < 4.78 is 5.33. The van der Waals surface area contributed by atoms with Crippen LogP contribution in [0.25, 0.3) is 0 Å². The molecule has 0 aromatic heterocycles. The second-order valence-electron chi connectivity index (χ2n) is 3.24. The number of aliphatic hydroxyl groups is 1. The van der Waals surface area contributed by atoms with Crippen molar-refractivity contribution in [3.05, 3.63) is 10.1 Å². The molecular formula is C9H13BrO3. The van der Waals surface area contributed by atoms with Gasteiger partial charge in [-0.2, -0.15) is 0 Å². The molecule has 0 unspecified atom stereocenters. The van der Waals surface area contributed by atoms with Crippen molar-refractivity contribution < 1.29 is 14.6 Å². The minimum absolute atomic E-state index is 0.336. The van der Waals surface area contributed by atoms with Gasteiger partial charge >= 0.3 is 5.97 Å². The van der Waals surface area contributed by atoms with Gasteiger partial charge in [0.25, 0.3) is 0 Å². The molecule has 0 amide bonds. The number of esters is 1. The first-order chi connectivity index (χ1) is 6.07. The third-order valence-electron chi connectivity index (χ3n) is 2.38. The molecule has 0 aromatic rings. The van der Waals surface area contributed by atoms with Gasteiger partial charge in [-0.05, 0) is 19.8 Å². The third kappa shape index (κ3) is 2.11. The molecule has 13 heavy (non-hydrogen) atoms. The molecule has 0 fully saturated rings. The van der Waals surface area contributed by atoms with Crippen molar-refractivity contribution in [3.8, 4) is 0 Å². The maximum atomic E-state index is 11.2. The van der Waals surface area contributed by atoms with Gasteiger partial charge in [-0.15, -0.1) is 0 Å². The second-order valence-corrected chi connectivity index (χ2v) is 4.10. The number of aliphatic hydroxyl groups excluding tert-OH is 1. The predicted octanol–water partition coefficient (Wildman–Crippen LogP) is 1.60. The Balaban J connectivity index is 2.79. The van der Waals surface area contributed by atoms with Crippen molar-refractivity contribution in [1.29, 1.82) is 0 Å². The van der Waals surface area contributed by atoms with Crippen molar-refractivity contribution >= 4 is 21.9 Å². The van der Waals surface area contributed by atoms with E-state index in [4.69, 9.17) is 0 Å². The monoisotopic (exact) mass is 248 g/mol. The molecule has 74 valence electrons. The van der Waals surface area contributed by atoms with Crippen LogP contribution in [0.5, 0.6) is 0 Å². The summed E-state index contributed by atoms with van der Waals surface area (Å²) in [6.07, 6.45) is 0.757. The number of allylic oxidation sites excluding steroid dienone is 1. The van der Waals surface area contributed by atoms with E-state index in [1.165, 1.54) is 7.11 Å². The molecule has 1 N–H and O–H groups in total. The number of ether oxygens (including phenoxy) is 1. The number of hydrogen-bond acceptors (Lipinski definition) is 3. The second kappa shape index (κ2) is 4.24. The van der Waals surface area contributed by atoms with E-state index in [1.54, 1.807) is 0 Å². The lowest BCUT2D eigenvalue weighted by atomic mass is 9.88. The van der Waals surface area contributed by atoms with E-state index in [-0.39, 0.29) is 5.97 Å². The van der Waals surface area contributed by atoms with Crippen molar-refractivity contribution in [2.24, 2.45) is 5.92 Å². The Morgan fingerprint density at radius 2 is 2.31 bits per heavy atom.